The van der Waals surface area contributed by atoms with E-state index < -0.39 is 33.5 Å². The van der Waals surface area contributed by atoms with Crippen LogP contribution in [0.1, 0.15) is 6.42 Å². The van der Waals surface area contributed by atoms with Crippen molar-refractivity contribution in [2.24, 2.45) is 4.99 Å². The van der Waals surface area contributed by atoms with Gasteiger partial charge < -0.3 is 10.0 Å². The molecule has 0 unspecified atom stereocenters. The van der Waals surface area contributed by atoms with Crippen molar-refractivity contribution < 1.29 is 26.7 Å². The molecule has 0 aliphatic carbocycles. The summed E-state index contributed by atoms with van der Waals surface area (Å²) in [5.74, 6) is 0. The van der Waals surface area contributed by atoms with Crippen LogP contribution in [0.4, 0.5) is 13.2 Å². The summed E-state index contributed by atoms with van der Waals surface area (Å²) in [7, 11) is -3.79. The van der Waals surface area contributed by atoms with Gasteiger partial charge in [0.2, 0.25) is 0 Å². The van der Waals surface area contributed by atoms with Crippen molar-refractivity contribution in [3.8, 4) is 0 Å². The Kier molecular flexibility index (Phi) is 2.95. The molecule has 2 aliphatic heterocycles. The second-order valence-electron chi connectivity index (χ2n) is 4.01. The minimum absolute atomic E-state index is 0.170. The second-order valence-corrected chi connectivity index (χ2v) is 7.08. The van der Waals surface area contributed by atoms with Gasteiger partial charge in [-0.25, -0.2) is 13.4 Å². The lowest BCUT2D eigenvalue weighted by Crippen LogP contribution is -2.55. The molecule has 0 fully saturated rings. The lowest BCUT2D eigenvalue weighted by atomic mass is 10.1. The normalized spacial score (nSPS) is 32.4. The van der Waals surface area contributed by atoms with Gasteiger partial charge in [0.25, 0.3) is 5.72 Å². The first kappa shape index (κ1) is 13.7. The van der Waals surface area contributed by atoms with Gasteiger partial charge in [0.15, 0.2) is 15.0 Å². The molecule has 0 spiro atoms. The van der Waals surface area contributed by atoms with Gasteiger partial charge in [-0.05, 0) is 5.41 Å². The standard InChI is InChI=1S/C8H9F3N2O3S2/c1-18(15,16)5-4-7(14,8(9,10)11)12-6-13(5)2-3-17-6/h2-3,5,14H,4H2,1H3/t5-,7-/m0/s1. The maximum Gasteiger partial charge on any atom is 0.438 e. The summed E-state index contributed by atoms with van der Waals surface area (Å²) in [6.45, 7) is 0. The van der Waals surface area contributed by atoms with Crippen molar-refractivity contribution in [1.82, 2.24) is 4.90 Å². The molecule has 2 atom stereocenters. The summed E-state index contributed by atoms with van der Waals surface area (Å²) in [5.41, 5.74) is -3.36. The highest BCUT2D eigenvalue weighted by atomic mass is 32.2. The highest BCUT2D eigenvalue weighted by Gasteiger charge is 2.59. The van der Waals surface area contributed by atoms with Gasteiger partial charge in [-0.3, -0.25) is 0 Å². The second kappa shape index (κ2) is 3.87. The van der Waals surface area contributed by atoms with Crippen LogP contribution in [0.15, 0.2) is 16.6 Å². The molecule has 0 bridgehead atoms. The van der Waals surface area contributed by atoms with Gasteiger partial charge in [0.05, 0.1) is 0 Å². The zero-order valence-corrected chi connectivity index (χ0v) is 10.7. The van der Waals surface area contributed by atoms with Crippen LogP contribution in [0.2, 0.25) is 0 Å². The van der Waals surface area contributed by atoms with E-state index in [1.807, 2.05) is 0 Å². The van der Waals surface area contributed by atoms with E-state index in [1.54, 1.807) is 0 Å². The molecular weight excluding hydrogens is 293 g/mol. The Hall–Kier alpha value is -0.740. The number of aliphatic hydroxyl groups is 1. The first-order chi connectivity index (χ1) is 8.05. The van der Waals surface area contributed by atoms with E-state index in [1.165, 1.54) is 11.6 Å². The first-order valence-corrected chi connectivity index (χ1v) is 7.57. The molecule has 0 aromatic rings. The molecule has 0 radical (unpaired) electrons. The minimum atomic E-state index is -5.02. The number of sulfone groups is 1. The Balaban J connectivity index is 2.50. The van der Waals surface area contributed by atoms with E-state index >= 15 is 0 Å². The van der Waals surface area contributed by atoms with E-state index in [4.69, 9.17) is 0 Å². The Morgan fingerprint density at radius 2 is 2.22 bits per heavy atom. The monoisotopic (exact) mass is 302 g/mol. The number of aliphatic imine (C=N–C) groups is 1. The fourth-order valence-corrected chi connectivity index (χ4v) is 3.68. The predicted molar refractivity (Wildman–Crippen MR) is 60.3 cm³/mol. The average molecular weight is 302 g/mol. The first-order valence-electron chi connectivity index (χ1n) is 4.74. The molecule has 1 N–H and O–H groups in total. The molecule has 102 valence electrons. The Labute approximate surface area is 105 Å². The highest BCUT2D eigenvalue weighted by molar-refractivity contribution is 8.16. The maximum absolute atomic E-state index is 12.7. The maximum atomic E-state index is 12.7. The molecule has 2 rings (SSSR count). The van der Waals surface area contributed by atoms with Gasteiger partial charge in [-0.1, -0.05) is 11.8 Å². The number of hydrogen-bond donors (Lipinski definition) is 1. The summed E-state index contributed by atoms with van der Waals surface area (Å²) in [6.07, 6.45) is -3.89. The number of amidine groups is 1. The Morgan fingerprint density at radius 1 is 1.61 bits per heavy atom. The number of alkyl halides is 3. The van der Waals surface area contributed by atoms with Crippen molar-refractivity contribution in [3.63, 3.8) is 0 Å². The van der Waals surface area contributed by atoms with Crippen LogP contribution >= 0.6 is 11.8 Å². The van der Waals surface area contributed by atoms with Crippen molar-refractivity contribution in [2.45, 2.75) is 23.7 Å². The third kappa shape index (κ3) is 2.12. The molecule has 10 heteroatoms. The van der Waals surface area contributed by atoms with Crippen molar-refractivity contribution >= 4 is 26.8 Å². The summed E-state index contributed by atoms with van der Waals surface area (Å²) in [5, 5.41) is 9.32. The van der Waals surface area contributed by atoms with Crippen LogP contribution in [0.5, 0.6) is 0 Å². The van der Waals surface area contributed by atoms with Gasteiger partial charge in [0, 0.05) is 18.9 Å². The van der Waals surface area contributed by atoms with E-state index in [9.17, 15) is 26.7 Å². The fraction of sp³-hybridized carbons (Fsp3) is 0.625. The number of halogens is 3. The number of rotatable bonds is 1. The SMILES string of the molecule is CS(=O)(=O)[C@H]1C[C@](O)(C(F)(F)F)N=C2SC=CN21. The summed E-state index contributed by atoms with van der Waals surface area (Å²) < 4.78 is 61.3. The lowest BCUT2D eigenvalue weighted by Gasteiger charge is -2.38. The zero-order chi connectivity index (χ0) is 13.8. The van der Waals surface area contributed by atoms with Crippen LogP contribution in [0.25, 0.3) is 0 Å². The van der Waals surface area contributed by atoms with Gasteiger partial charge >= 0.3 is 6.18 Å². The zero-order valence-electron chi connectivity index (χ0n) is 9.05. The number of thioether (sulfide) groups is 1. The third-order valence-electron chi connectivity index (χ3n) is 2.61. The molecular formula is C8H9F3N2O3S2. The van der Waals surface area contributed by atoms with Crippen molar-refractivity contribution in [2.75, 3.05) is 6.26 Å². The molecule has 0 saturated heterocycles. The molecule has 5 nitrogen and oxygen atoms in total. The van der Waals surface area contributed by atoms with Gasteiger partial charge in [-0.2, -0.15) is 13.2 Å². The van der Waals surface area contributed by atoms with Crippen molar-refractivity contribution in [3.05, 3.63) is 11.6 Å². The average Bonchev–Trinajstić information content (AvgIpc) is 2.60. The number of nitrogens with zero attached hydrogens (tertiary/aromatic N) is 2. The summed E-state index contributed by atoms with van der Waals surface area (Å²) >= 11 is 0.835. The molecule has 0 aromatic heterocycles. The molecule has 2 heterocycles. The smallest absolute Gasteiger partial charge is 0.362 e. The number of fused-ring (bicyclic) bond motifs is 1. The largest absolute Gasteiger partial charge is 0.438 e. The Morgan fingerprint density at radius 3 is 2.72 bits per heavy atom. The molecule has 0 saturated carbocycles. The van der Waals surface area contributed by atoms with Crippen LogP contribution in [0.3, 0.4) is 0 Å². The molecule has 2 aliphatic rings. The van der Waals surface area contributed by atoms with Gasteiger partial charge in [-0.15, -0.1) is 0 Å². The Bertz CT molecular complexity index is 528. The molecule has 0 aromatic carbocycles. The van der Waals surface area contributed by atoms with Crippen LogP contribution in [-0.4, -0.2) is 47.1 Å². The summed E-state index contributed by atoms with van der Waals surface area (Å²) in [4.78, 5) is 4.35. The highest BCUT2D eigenvalue weighted by Crippen LogP contribution is 2.43. The van der Waals surface area contributed by atoms with Gasteiger partial charge in [0.1, 0.15) is 5.37 Å². The minimum Gasteiger partial charge on any atom is -0.362 e. The van der Waals surface area contributed by atoms with Crippen LogP contribution < -0.4 is 0 Å². The third-order valence-corrected chi connectivity index (χ3v) is 4.77. The van der Waals surface area contributed by atoms with E-state index in [0.29, 0.717) is 0 Å². The molecule has 0 amide bonds. The van der Waals surface area contributed by atoms with E-state index in [2.05, 4.69) is 4.99 Å². The van der Waals surface area contributed by atoms with Crippen LogP contribution in [0, 0.1) is 0 Å². The van der Waals surface area contributed by atoms with E-state index in [-0.39, 0.29) is 5.17 Å². The fourth-order valence-electron chi connectivity index (χ4n) is 1.67. The topological polar surface area (TPSA) is 70.0 Å². The lowest BCUT2D eigenvalue weighted by molar-refractivity contribution is -0.262. The summed E-state index contributed by atoms with van der Waals surface area (Å²) in [6, 6.07) is 0. The number of hydrogen-bond acceptors (Lipinski definition) is 6. The van der Waals surface area contributed by atoms with Crippen LogP contribution in [-0.2, 0) is 9.84 Å². The van der Waals surface area contributed by atoms with Crippen molar-refractivity contribution in [1.29, 1.82) is 0 Å². The van der Waals surface area contributed by atoms with E-state index in [0.717, 1.165) is 22.9 Å². The quantitative estimate of drug-likeness (QED) is 0.779. The molecule has 18 heavy (non-hydrogen) atoms. The predicted octanol–water partition coefficient (Wildman–Crippen LogP) is 0.888.